The third-order valence-corrected chi connectivity index (χ3v) is 11.1. The van der Waals surface area contributed by atoms with Crippen LogP contribution in [0.4, 0.5) is 28.4 Å². The predicted molar refractivity (Wildman–Crippen MR) is 252 cm³/mol. The molecule has 9 rings (SSSR count). The van der Waals surface area contributed by atoms with Crippen molar-refractivity contribution in [3.8, 4) is 55.6 Å². The van der Waals surface area contributed by atoms with E-state index in [9.17, 15) is 0 Å². The summed E-state index contributed by atoms with van der Waals surface area (Å²) in [6.07, 6.45) is 1.90. The summed E-state index contributed by atoms with van der Waals surface area (Å²) in [5.41, 5.74) is 18.4. The van der Waals surface area contributed by atoms with E-state index in [1.54, 1.807) is 0 Å². The second kappa shape index (κ2) is 16.8. The van der Waals surface area contributed by atoms with E-state index in [1.807, 2.05) is 12.3 Å². The topological polar surface area (TPSA) is 6.48 Å². The van der Waals surface area contributed by atoms with Crippen LogP contribution in [0.3, 0.4) is 0 Å². The molecule has 0 aromatic heterocycles. The molecule has 0 saturated carbocycles. The maximum atomic E-state index is 4.19. The normalized spacial score (nSPS) is 10.9. The van der Waals surface area contributed by atoms with E-state index in [2.05, 4.69) is 248 Å². The largest absolute Gasteiger partial charge is 0.317 e. The molecule has 0 amide bonds. The van der Waals surface area contributed by atoms with Crippen molar-refractivity contribution in [1.29, 1.82) is 0 Å². The van der Waals surface area contributed by atoms with Gasteiger partial charge in [0.05, 0.1) is 0 Å². The van der Waals surface area contributed by atoms with Crippen molar-refractivity contribution in [3.63, 3.8) is 0 Å². The zero-order chi connectivity index (χ0) is 40.0. The van der Waals surface area contributed by atoms with Gasteiger partial charge in [0.15, 0.2) is 0 Å². The number of rotatable bonds is 11. The van der Waals surface area contributed by atoms with E-state index in [4.69, 9.17) is 0 Å². The van der Waals surface area contributed by atoms with Crippen molar-refractivity contribution in [2.75, 3.05) is 9.80 Å². The third kappa shape index (κ3) is 7.73. The van der Waals surface area contributed by atoms with Gasteiger partial charge in [-0.1, -0.05) is 183 Å². The van der Waals surface area contributed by atoms with Gasteiger partial charge >= 0.3 is 0 Å². The zero-order valence-electron chi connectivity index (χ0n) is 33.1. The zero-order valence-corrected chi connectivity index (χ0v) is 33.1. The first kappa shape index (κ1) is 36.9. The van der Waals surface area contributed by atoms with Gasteiger partial charge in [-0.25, -0.2) is 0 Å². The van der Waals surface area contributed by atoms with Gasteiger partial charge in [0.1, 0.15) is 0 Å². The van der Waals surface area contributed by atoms with Crippen LogP contribution in [-0.2, 0) is 0 Å². The SMILES string of the molecule is C=CN(c1ccccc1)c1cccc(-c2ccc(N(c3ccc(-c4ccccc4)cc3)c3ccc(-c4ccc(-c5ccccc5)cc4)cc3)cc2-c2ccccc2)c1C. The van der Waals surface area contributed by atoms with Crippen molar-refractivity contribution >= 4 is 28.4 Å². The molecule has 59 heavy (non-hydrogen) atoms. The minimum atomic E-state index is 1.07. The molecule has 2 nitrogen and oxygen atoms in total. The van der Waals surface area contributed by atoms with Crippen molar-refractivity contribution in [3.05, 3.63) is 249 Å². The maximum Gasteiger partial charge on any atom is 0.0490 e. The van der Waals surface area contributed by atoms with E-state index in [1.165, 1.54) is 50.1 Å². The molecule has 0 bridgehead atoms. The van der Waals surface area contributed by atoms with Crippen LogP contribution in [0.5, 0.6) is 0 Å². The lowest BCUT2D eigenvalue weighted by Gasteiger charge is -2.28. The summed E-state index contributed by atoms with van der Waals surface area (Å²) < 4.78 is 0. The van der Waals surface area contributed by atoms with Crippen molar-refractivity contribution in [2.24, 2.45) is 0 Å². The molecular formula is C57H44N2. The maximum absolute atomic E-state index is 4.19. The van der Waals surface area contributed by atoms with Crippen LogP contribution in [0.1, 0.15) is 5.56 Å². The highest BCUT2D eigenvalue weighted by atomic mass is 15.1. The van der Waals surface area contributed by atoms with E-state index in [0.717, 1.165) is 39.6 Å². The molecule has 0 aliphatic carbocycles. The van der Waals surface area contributed by atoms with E-state index in [-0.39, 0.29) is 0 Å². The molecule has 0 spiro atoms. The summed E-state index contributed by atoms with van der Waals surface area (Å²) in [6.45, 7) is 6.40. The number of anilines is 5. The lowest BCUT2D eigenvalue weighted by atomic mass is 9.90. The molecule has 0 unspecified atom stereocenters. The van der Waals surface area contributed by atoms with Gasteiger partial charge in [-0.15, -0.1) is 0 Å². The van der Waals surface area contributed by atoms with Gasteiger partial charge in [-0.3, -0.25) is 0 Å². The van der Waals surface area contributed by atoms with Gasteiger partial charge in [0.25, 0.3) is 0 Å². The highest BCUT2D eigenvalue weighted by molar-refractivity contribution is 5.92. The van der Waals surface area contributed by atoms with Crippen LogP contribution >= 0.6 is 0 Å². The average Bonchev–Trinajstić information content (AvgIpc) is 3.32. The summed E-state index contributed by atoms with van der Waals surface area (Å²) in [7, 11) is 0. The second-order valence-electron chi connectivity index (χ2n) is 14.7. The molecule has 0 saturated heterocycles. The lowest BCUT2D eigenvalue weighted by molar-refractivity contribution is 1.25. The van der Waals surface area contributed by atoms with Crippen LogP contribution in [0, 0.1) is 6.92 Å². The fraction of sp³-hybridized carbons (Fsp3) is 0.0175. The van der Waals surface area contributed by atoms with Crippen LogP contribution < -0.4 is 9.80 Å². The molecule has 282 valence electrons. The molecule has 0 heterocycles. The minimum Gasteiger partial charge on any atom is -0.317 e. The quantitative estimate of drug-likeness (QED) is 0.130. The smallest absolute Gasteiger partial charge is 0.0490 e. The summed E-state index contributed by atoms with van der Waals surface area (Å²) in [4.78, 5) is 4.53. The van der Waals surface area contributed by atoms with Crippen LogP contribution in [0.25, 0.3) is 55.6 Å². The van der Waals surface area contributed by atoms with E-state index < -0.39 is 0 Å². The number of hydrogen-bond donors (Lipinski definition) is 0. The van der Waals surface area contributed by atoms with Gasteiger partial charge in [0, 0.05) is 34.6 Å². The second-order valence-corrected chi connectivity index (χ2v) is 14.7. The molecule has 0 N–H and O–H groups in total. The first-order valence-corrected chi connectivity index (χ1v) is 20.1. The first-order chi connectivity index (χ1) is 29.1. The molecule has 0 radical (unpaired) electrons. The lowest BCUT2D eigenvalue weighted by Crippen LogP contribution is -2.11. The molecule has 2 heteroatoms. The number of benzene rings is 9. The Morgan fingerprint density at radius 1 is 0.322 bits per heavy atom. The van der Waals surface area contributed by atoms with Crippen LogP contribution in [0.2, 0.25) is 0 Å². The minimum absolute atomic E-state index is 1.07. The molecule has 0 aliphatic heterocycles. The Labute approximate surface area is 348 Å². The Morgan fingerprint density at radius 3 is 1.20 bits per heavy atom. The van der Waals surface area contributed by atoms with Gasteiger partial charge < -0.3 is 9.80 Å². The summed E-state index contributed by atoms with van der Waals surface area (Å²) in [6, 6.07) is 82.4. The molecule has 9 aromatic carbocycles. The molecule has 0 atom stereocenters. The Hall–Kier alpha value is -7.68. The number of hydrogen-bond acceptors (Lipinski definition) is 2. The third-order valence-electron chi connectivity index (χ3n) is 11.1. The fourth-order valence-electron chi connectivity index (χ4n) is 8.04. The first-order valence-electron chi connectivity index (χ1n) is 20.1. The highest BCUT2D eigenvalue weighted by Crippen LogP contribution is 2.44. The summed E-state index contributed by atoms with van der Waals surface area (Å²) in [5, 5.41) is 0. The summed E-state index contributed by atoms with van der Waals surface area (Å²) >= 11 is 0. The Morgan fingerprint density at radius 2 is 0.729 bits per heavy atom. The molecule has 9 aromatic rings. The molecular weight excluding hydrogens is 713 g/mol. The molecule has 0 aliphatic rings. The van der Waals surface area contributed by atoms with Crippen molar-refractivity contribution in [2.45, 2.75) is 6.92 Å². The van der Waals surface area contributed by atoms with Gasteiger partial charge in [0.2, 0.25) is 0 Å². The Bertz CT molecular complexity index is 2800. The summed E-state index contributed by atoms with van der Waals surface area (Å²) in [5.74, 6) is 0. The number of para-hydroxylation sites is 1. The Balaban J connectivity index is 1.15. The predicted octanol–water partition coefficient (Wildman–Crippen LogP) is 16.1. The standard InChI is InChI=1S/C57H44N2/c1-3-58(50-23-14-7-15-24-50)57-26-16-25-54(42(57)2)55-40-39-53(41-56(55)49-21-12-6-13-22-49)59(51-35-31-47(32-36-51)44-19-10-5-11-20-44)52-37-33-48(34-38-52)46-29-27-45(28-30-46)43-17-8-4-9-18-43/h3-41H,1H2,2H3. The van der Waals surface area contributed by atoms with E-state index >= 15 is 0 Å². The number of nitrogens with zero attached hydrogens (tertiary/aromatic N) is 2. The van der Waals surface area contributed by atoms with E-state index in [0.29, 0.717) is 0 Å². The van der Waals surface area contributed by atoms with Crippen LogP contribution in [-0.4, -0.2) is 0 Å². The van der Waals surface area contributed by atoms with Crippen molar-refractivity contribution in [1.82, 2.24) is 0 Å². The molecule has 0 fully saturated rings. The Kier molecular flexibility index (Phi) is 10.5. The van der Waals surface area contributed by atoms with Crippen LogP contribution in [0.15, 0.2) is 243 Å². The monoisotopic (exact) mass is 756 g/mol. The average molecular weight is 757 g/mol. The highest BCUT2D eigenvalue weighted by Gasteiger charge is 2.19. The van der Waals surface area contributed by atoms with Crippen molar-refractivity contribution < 1.29 is 0 Å². The fourth-order valence-corrected chi connectivity index (χ4v) is 8.04. The van der Waals surface area contributed by atoms with Gasteiger partial charge in [-0.2, -0.15) is 0 Å². The van der Waals surface area contributed by atoms with Gasteiger partial charge in [-0.05, 0) is 123 Å².